The predicted molar refractivity (Wildman–Crippen MR) is 55.9 cm³/mol. The van der Waals surface area contributed by atoms with Gasteiger partial charge in [-0.25, -0.2) is 0 Å². The summed E-state index contributed by atoms with van der Waals surface area (Å²) >= 11 is 0. The van der Waals surface area contributed by atoms with Gasteiger partial charge in [-0.2, -0.15) is 0 Å². The first-order valence-corrected chi connectivity index (χ1v) is 4.84. The Morgan fingerprint density at radius 3 is 2.57 bits per heavy atom. The van der Waals surface area contributed by atoms with Crippen LogP contribution in [0.1, 0.15) is 6.92 Å². The zero-order valence-electron chi connectivity index (χ0n) is 8.66. The van der Waals surface area contributed by atoms with Crippen LogP contribution in [0.4, 0.5) is 0 Å². The van der Waals surface area contributed by atoms with Crippen molar-refractivity contribution in [3.63, 3.8) is 0 Å². The molecule has 14 heavy (non-hydrogen) atoms. The van der Waals surface area contributed by atoms with Crippen LogP contribution in [0.3, 0.4) is 0 Å². The second-order valence-corrected chi connectivity index (χ2v) is 3.44. The summed E-state index contributed by atoms with van der Waals surface area (Å²) in [7, 11) is 0. The molecular weight excluding hydrogens is 178 g/mol. The lowest BCUT2D eigenvalue weighted by Gasteiger charge is -2.29. The van der Waals surface area contributed by atoms with E-state index in [1.54, 1.807) is 6.08 Å². The van der Waals surface area contributed by atoms with Crippen LogP contribution < -0.4 is 0 Å². The Bertz CT molecular complexity index is 242. The molecule has 0 N–H and O–H groups in total. The van der Waals surface area contributed by atoms with Crippen molar-refractivity contribution in [3.05, 3.63) is 24.8 Å². The highest BCUT2D eigenvalue weighted by Crippen LogP contribution is 2.13. The van der Waals surface area contributed by atoms with E-state index >= 15 is 0 Å². The fourth-order valence-corrected chi connectivity index (χ4v) is 1.39. The second kappa shape index (κ2) is 4.96. The average molecular weight is 195 g/mol. The number of amides is 1. The summed E-state index contributed by atoms with van der Waals surface area (Å²) in [6.07, 6.45) is 1.64. The van der Waals surface area contributed by atoms with E-state index < -0.39 is 0 Å². The highest BCUT2D eigenvalue weighted by atomic mass is 16.5. The van der Waals surface area contributed by atoms with Crippen molar-refractivity contribution in [2.45, 2.75) is 6.92 Å². The summed E-state index contributed by atoms with van der Waals surface area (Å²) < 4.78 is 5.18. The number of allylic oxidation sites excluding steroid dienone is 1. The molecule has 1 aliphatic heterocycles. The van der Waals surface area contributed by atoms with Crippen molar-refractivity contribution in [1.82, 2.24) is 4.90 Å². The first-order valence-electron chi connectivity index (χ1n) is 4.84. The molecule has 1 rings (SSSR count). The number of ether oxygens (including phenoxy) is 1. The lowest BCUT2D eigenvalue weighted by atomic mass is 10.0. The van der Waals surface area contributed by atoms with Crippen molar-refractivity contribution < 1.29 is 9.53 Å². The van der Waals surface area contributed by atoms with Gasteiger partial charge in [-0.1, -0.05) is 19.2 Å². The van der Waals surface area contributed by atoms with E-state index in [1.807, 2.05) is 11.8 Å². The third kappa shape index (κ3) is 2.45. The Labute approximate surface area is 85.0 Å². The van der Waals surface area contributed by atoms with Gasteiger partial charge >= 0.3 is 0 Å². The number of nitrogens with zero attached hydrogens (tertiary/aromatic N) is 1. The van der Waals surface area contributed by atoms with Crippen molar-refractivity contribution in [1.29, 1.82) is 0 Å². The Balaban J connectivity index is 2.54. The van der Waals surface area contributed by atoms with E-state index in [4.69, 9.17) is 4.74 Å². The standard InChI is InChI=1S/C11H17NO2/c1-4-9(2)10(3)11(13)12-5-7-14-8-6-12/h4,10H,1-2,5-8H2,3H3/t10-/m1/s1. The van der Waals surface area contributed by atoms with Crippen LogP contribution >= 0.6 is 0 Å². The molecular formula is C11H17NO2. The van der Waals surface area contributed by atoms with Gasteiger partial charge in [-0.15, -0.1) is 0 Å². The zero-order chi connectivity index (χ0) is 10.6. The molecule has 0 aliphatic carbocycles. The molecule has 0 saturated carbocycles. The number of carbonyl (C=O) groups excluding carboxylic acids is 1. The predicted octanol–water partition coefficient (Wildman–Crippen LogP) is 1.22. The maximum Gasteiger partial charge on any atom is 0.229 e. The highest BCUT2D eigenvalue weighted by Gasteiger charge is 2.22. The van der Waals surface area contributed by atoms with Crippen LogP contribution in [0.2, 0.25) is 0 Å². The molecule has 1 amide bonds. The van der Waals surface area contributed by atoms with E-state index in [-0.39, 0.29) is 11.8 Å². The minimum absolute atomic E-state index is 0.123. The van der Waals surface area contributed by atoms with Gasteiger partial charge in [0.05, 0.1) is 19.1 Å². The third-order valence-electron chi connectivity index (χ3n) is 2.51. The van der Waals surface area contributed by atoms with Crippen LogP contribution in [0.5, 0.6) is 0 Å². The van der Waals surface area contributed by atoms with E-state index in [1.165, 1.54) is 0 Å². The molecule has 0 spiro atoms. The van der Waals surface area contributed by atoms with Gasteiger partial charge < -0.3 is 9.64 Å². The molecule has 1 heterocycles. The fourth-order valence-electron chi connectivity index (χ4n) is 1.39. The topological polar surface area (TPSA) is 29.5 Å². The molecule has 78 valence electrons. The lowest BCUT2D eigenvalue weighted by Crippen LogP contribution is -2.43. The molecule has 3 nitrogen and oxygen atoms in total. The Morgan fingerprint density at radius 2 is 2.07 bits per heavy atom. The first-order chi connectivity index (χ1) is 6.66. The largest absolute Gasteiger partial charge is 0.378 e. The minimum Gasteiger partial charge on any atom is -0.378 e. The van der Waals surface area contributed by atoms with E-state index in [0.29, 0.717) is 26.3 Å². The molecule has 0 radical (unpaired) electrons. The van der Waals surface area contributed by atoms with Gasteiger partial charge in [0.25, 0.3) is 0 Å². The van der Waals surface area contributed by atoms with E-state index in [2.05, 4.69) is 13.2 Å². The van der Waals surface area contributed by atoms with Gasteiger partial charge in [0.1, 0.15) is 0 Å². The fraction of sp³-hybridized carbons (Fsp3) is 0.545. The van der Waals surface area contributed by atoms with Crippen molar-refractivity contribution in [2.24, 2.45) is 5.92 Å². The van der Waals surface area contributed by atoms with Crippen molar-refractivity contribution in [2.75, 3.05) is 26.3 Å². The molecule has 0 unspecified atom stereocenters. The molecule has 0 aromatic rings. The summed E-state index contributed by atoms with van der Waals surface area (Å²) in [5.41, 5.74) is 0.779. The minimum atomic E-state index is -0.161. The van der Waals surface area contributed by atoms with Gasteiger partial charge in [-0.3, -0.25) is 4.79 Å². The number of hydrogen-bond donors (Lipinski definition) is 0. The van der Waals surface area contributed by atoms with Gasteiger partial charge in [0.2, 0.25) is 5.91 Å². The van der Waals surface area contributed by atoms with Crippen molar-refractivity contribution in [3.8, 4) is 0 Å². The van der Waals surface area contributed by atoms with Crippen LogP contribution in [-0.4, -0.2) is 37.1 Å². The average Bonchev–Trinajstić information content (AvgIpc) is 2.27. The summed E-state index contributed by atoms with van der Waals surface area (Å²) in [4.78, 5) is 13.7. The lowest BCUT2D eigenvalue weighted by molar-refractivity contribution is -0.137. The summed E-state index contributed by atoms with van der Waals surface area (Å²) in [6, 6.07) is 0. The molecule has 0 aromatic heterocycles. The monoisotopic (exact) mass is 195 g/mol. The maximum absolute atomic E-state index is 11.9. The molecule has 1 fully saturated rings. The smallest absolute Gasteiger partial charge is 0.229 e. The Hall–Kier alpha value is -1.09. The van der Waals surface area contributed by atoms with Crippen LogP contribution in [-0.2, 0) is 9.53 Å². The third-order valence-corrected chi connectivity index (χ3v) is 2.51. The first kappa shape index (κ1) is 11.0. The van der Waals surface area contributed by atoms with Gasteiger partial charge in [0.15, 0.2) is 0 Å². The number of hydrogen-bond acceptors (Lipinski definition) is 2. The van der Waals surface area contributed by atoms with E-state index in [9.17, 15) is 4.79 Å². The molecule has 1 atom stereocenters. The van der Waals surface area contributed by atoms with Crippen LogP contribution in [0, 0.1) is 5.92 Å². The highest BCUT2D eigenvalue weighted by molar-refractivity contribution is 5.81. The van der Waals surface area contributed by atoms with Gasteiger partial charge in [0, 0.05) is 13.1 Å². The molecule has 0 aromatic carbocycles. The SMILES string of the molecule is C=CC(=C)[C@@H](C)C(=O)N1CCOCC1. The number of carbonyl (C=O) groups is 1. The second-order valence-electron chi connectivity index (χ2n) is 3.44. The number of morpholine rings is 1. The maximum atomic E-state index is 11.9. The molecule has 0 bridgehead atoms. The summed E-state index contributed by atoms with van der Waals surface area (Å²) in [5, 5.41) is 0. The Morgan fingerprint density at radius 1 is 1.50 bits per heavy atom. The van der Waals surface area contributed by atoms with Gasteiger partial charge in [-0.05, 0) is 12.5 Å². The normalized spacial score (nSPS) is 18.8. The molecule has 1 aliphatic rings. The summed E-state index contributed by atoms with van der Waals surface area (Å²) in [5.74, 6) is -0.0381. The number of rotatable bonds is 3. The summed E-state index contributed by atoms with van der Waals surface area (Å²) in [6.45, 7) is 11.9. The molecule has 1 saturated heterocycles. The Kier molecular flexibility index (Phi) is 3.89. The van der Waals surface area contributed by atoms with E-state index in [0.717, 1.165) is 5.57 Å². The zero-order valence-corrected chi connectivity index (χ0v) is 8.66. The van der Waals surface area contributed by atoms with Crippen LogP contribution in [0.15, 0.2) is 24.8 Å². The quantitative estimate of drug-likeness (QED) is 0.634. The molecule has 3 heteroatoms. The van der Waals surface area contributed by atoms with Crippen molar-refractivity contribution >= 4 is 5.91 Å². The van der Waals surface area contributed by atoms with Crippen LogP contribution in [0.25, 0.3) is 0 Å².